The van der Waals surface area contributed by atoms with E-state index >= 15 is 0 Å². The van der Waals surface area contributed by atoms with Crippen molar-refractivity contribution in [3.05, 3.63) is 135 Å². The molecule has 0 amide bonds. The summed E-state index contributed by atoms with van der Waals surface area (Å²) in [6, 6.07) is 26.2. The van der Waals surface area contributed by atoms with Crippen LogP contribution >= 0.6 is 7.60 Å². The number of fused-ring (bicyclic) bond motifs is 1. The number of anilines is 2. The molecule has 0 aliphatic carbocycles. The number of nitrogen functional groups attached to an aromatic ring is 2. The minimum atomic E-state index is -3.96. The van der Waals surface area contributed by atoms with Gasteiger partial charge >= 0.3 is 13.3 Å². The molecule has 19 nitrogen and oxygen atoms in total. The van der Waals surface area contributed by atoms with Crippen molar-refractivity contribution in [2.24, 2.45) is 0 Å². The second-order valence-corrected chi connectivity index (χ2v) is 16.7. The van der Waals surface area contributed by atoms with Gasteiger partial charge in [-0.05, 0) is 47.0 Å². The number of aromatic nitrogens is 6. The van der Waals surface area contributed by atoms with Crippen LogP contribution in [0.2, 0.25) is 0 Å². The smallest absolute Gasteiger partial charge is 0.351 e. The summed E-state index contributed by atoms with van der Waals surface area (Å²) < 4.78 is 59.8. The number of hydrogen-bond acceptors (Lipinski definition) is 16. The highest BCUT2D eigenvalue weighted by molar-refractivity contribution is 7.53. The van der Waals surface area contributed by atoms with Gasteiger partial charge in [0.15, 0.2) is 11.2 Å². The van der Waals surface area contributed by atoms with Gasteiger partial charge in [-0.1, -0.05) is 54.6 Å². The molecule has 320 valence electrons. The number of aliphatic hydroxyl groups excluding tert-OH is 1. The average molecular weight is 857 g/mol. The summed E-state index contributed by atoms with van der Waals surface area (Å²) in [7, 11) is -0.775. The summed E-state index contributed by atoms with van der Waals surface area (Å²) in [4.78, 5) is 39.9. The SMILES string of the molecule is COc1ccc(C(OC[C@H]2O[C@@H](n3ccc(N)nc3=O)C[C@@H]2OP(C)(=O)OC[C@H]2O[C@@H](n3cnc4c(=O)[nH]c(N)nc43)C[C@@H]2O)(c2ccccc2)c2ccc(OC)cc2)cc1. The number of nitrogens with two attached hydrogens (primary N) is 2. The zero-order chi connectivity index (χ0) is 42.9. The van der Waals surface area contributed by atoms with Crippen LogP contribution in [0.1, 0.15) is 42.0 Å². The third-order valence-electron chi connectivity index (χ3n) is 10.7. The lowest BCUT2D eigenvalue weighted by atomic mass is 9.80. The molecule has 8 rings (SSSR count). The first kappa shape index (κ1) is 41.8. The third-order valence-corrected chi connectivity index (χ3v) is 12.0. The number of H-pyrrole nitrogens is 1. The van der Waals surface area contributed by atoms with Gasteiger partial charge in [0.1, 0.15) is 47.6 Å². The van der Waals surface area contributed by atoms with Crippen LogP contribution < -0.4 is 32.2 Å². The standard InChI is InChI=1S/C41H45N8O11P/c1-54-27-13-9-25(10-14-27)41(24-7-5-4-6-8-24,26-11-15-28(55-2)16-12-26)56-21-32-30(20-35(59-32)48-18-17-33(42)45-40(48)52)60-61(3,53)57-22-31-29(50)19-34(58-31)49-23-44-36-37(49)46-39(43)47-38(36)51/h4-18,23,29-32,34-35,50H,19-22H2,1-3H3,(H2,42,45,52)(H3,43,46,47,51)/t29-,30-,31+,32+,34+,35+,61?/m0/s1. The van der Waals surface area contributed by atoms with Crippen LogP contribution in [-0.4, -0.2) is 92.7 Å². The van der Waals surface area contributed by atoms with E-state index in [9.17, 15) is 19.3 Å². The molecular formula is C41H45N8O11P. The van der Waals surface area contributed by atoms with Crippen molar-refractivity contribution < 1.29 is 42.4 Å². The number of rotatable bonds is 15. The molecule has 3 aromatic heterocycles. The van der Waals surface area contributed by atoms with E-state index in [1.807, 2.05) is 78.9 Å². The molecule has 2 fully saturated rings. The first-order chi connectivity index (χ1) is 29.4. The highest BCUT2D eigenvalue weighted by Crippen LogP contribution is 2.50. The van der Waals surface area contributed by atoms with Gasteiger partial charge in [0, 0.05) is 25.7 Å². The molecule has 0 radical (unpaired) electrons. The van der Waals surface area contributed by atoms with Gasteiger partial charge in [0.2, 0.25) is 5.95 Å². The number of benzene rings is 3. The van der Waals surface area contributed by atoms with Crippen molar-refractivity contribution in [3.63, 3.8) is 0 Å². The van der Waals surface area contributed by atoms with E-state index in [2.05, 4.69) is 19.9 Å². The van der Waals surface area contributed by atoms with Crippen molar-refractivity contribution >= 4 is 30.5 Å². The number of aromatic amines is 1. The van der Waals surface area contributed by atoms with E-state index < -0.39 is 61.3 Å². The highest BCUT2D eigenvalue weighted by atomic mass is 31.2. The molecule has 6 aromatic rings. The Morgan fingerprint density at radius 3 is 2.10 bits per heavy atom. The first-order valence-electron chi connectivity index (χ1n) is 19.3. The Kier molecular flexibility index (Phi) is 11.8. The van der Waals surface area contributed by atoms with Crippen LogP contribution in [0.5, 0.6) is 11.5 Å². The molecule has 6 N–H and O–H groups in total. The fourth-order valence-corrected chi connectivity index (χ4v) is 8.93. The predicted molar refractivity (Wildman–Crippen MR) is 221 cm³/mol. The third kappa shape index (κ3) is 8.54. The summed E-state index contributed by atoms with van der Waals surface area (Å²) in [6.45, 7) is 0.858. The molecular weight excluding hydrogens is 811 g/mol. The molecule has 3 aromatic carbocycles. The number of nitrogens with one attached hydrogen (secondary N) is 1. The van der Waals surface area contributed by atoms with E-state index in [1.165, 1.54) is 34.4 Å². The van der Waals surface area contributed by atoms with Crippen LogP contribution in [0.25, 0.3) is 11.2 Å². The Labute approximate surface area is 348 Å². The summed E-state index contributed by atoms with van der Waals surface area (Å²) in [6.07, 6.45) is -2.55. The summed E-state index contributed by atoms with van der Waals surface area (Å²) >= 11 is 0. The van der Waals surface area contributed by atoms with Gasteiger partial charge in [0.25, 0.3) is 5.56 Å². The molecule has 0 saturated carbocycles. The monoisotopic (exact) mass is 856 g/mol. The van der Waals surface area contributed by atoms with Crippen LogP contribution in [0.15, 0.2) is 107 Å². The van der Waals surface area contributed by atoms with Crippen LogP contribution in [0.3, 0.4) is 0 Å². The highest BCUT2D eigenvalue weighted by Gasteiger charge is 2.45. The Morgan fingerprint density at radius 1 is 0.836 bits per heavy atom. The predicted octanol–water partition coefficient (Wildman–Crippen LogP) is 3.73. The van der Waals surface area contributed by atoms with Crippen molar-refractivity contribution in [1.29, 1.82) is 0 Å². The molecule has 61 heavy (non-hydrogen) atoms. The number of imidazole rings is 1. The zero-order valence-electron chi connectivity index (χ0n) is 33.4. The van der Waals surface area contributed by atoms with Crippen LogP contribution in [-0.2, 0) is 33.4 Å². The van der Waals surface area contributed by atoms with Crippen LogP contribution in [0.4, 0.5) is 11.8 Å². The average Bonchev–Trinajstić information content (AvgIpc) is 3.97. The quantitative estimate of drug-likeness (QED) is 0.0848. The number of nitrogens with zero attached hydrogens (tertiary/aromatic N) is 5. The summed E-state index contributed by atoms with van der Waals surface area (Å²) in [5.41, 5.74) is 11.7. The molecule has 1 unspecified atom stereocenters. The maximum atomic E-state index is 14.2. The minimum absolute atomic E-state index is 0.0406. The molecule has 2 saturated heterocycles. The number of ether oxygens (including phenoxy) is 5. The lowest BCUT2D eigenvalue weighted by molar-refractivity contribution is -0.0932. The summed E-state index contributed by atoms with van der Waals surface area (Å²) in [5, 5.41) is 11.0. The minimum Gasteiger partial charge on any atom is -0.497 e. The maximum absolute atomic E-state index is 14.2. The normalized spacial score (nSPS) is 22.6. The largest absolute Gasteiger partial charge is 0.497 e. The van der Waals surface area contributed by atoms with Crippen molar-refractivity contribution in [3.8, 4) is 11.5 Å². The fraction of sp³-hybridized carbons (Fsp3) is 0.341. The molecule has 2 aliphatic heterocycles. The van der Waals surface area contributed by atoms with Crippen molar-refractivity contribution in [1.82, 2.24) is 29.1 Å². The second-order valence-electron chi connectivity index (χ2n) is 14.6. The van der Waals surface area contributed by atoms with E-state index in [0.717, 1.165) is 16.7 Å². The van der Waals surface area contributed by atoms with E-state index in [-0.39, 0.29) is 49.0 Å². The molecule has 7 atom stereocenters. The first-order valence-corrected chi connectivity index (χ1v) is 21.3. The van der Waals surface area contributed by atoms with Crippen molar-refractivity contribution in [2.75, 3.05) is 45.6 Å². The number of hydrogen-bond donors (Lipinski definition) is 4. The van der Waals surface area contributed by atoms with E-state index in [0.29, 0.717) is 11.5 Å². The molecule has 2 aliphatic rings. The Balaban J connectivity index is 1.07. The molecule has 5 heterocycles. The number of aliphatic hydroxyl groups is 1. The topological polar surface area (TPSA) is 252 Å². The van der Waals surface area contributed by atoms with Gasteiger partial charge < -0.3 is 49.3 Å². The number of methoxy groups -OCH3 is 2. The van der Waals surface area contributed by atoms with E-state index in [1.54, 1.807) is 14.2 Å². The van der Waals surface area contributed by atoms with Gasteiger partial charge in [0.05, 0.1) is 46.0 Å². The Bertz CT molecular complexity index is 2590. The van der Waals surface area contributed by atoms with Gasteiger partial charge in [-0.15, -0.1) is 0 Å². The lowest BCUT2D eigenvalue weighted by Crippen LogP contribution is -2.38. The summed E-state index contributed by atoms with van der Waals surface area (Å²) in [5.74, 6) is 1.24. The van der Waals surface area contributed by atoms with Crippen molar-refractivity contribution in [2.45, 2.75) is 55.3 Å². The maximum Gasteiger partial charge on any atom is 0.351 e. The van der Waals surface area contributed by atoms with Gasteiger partial charge in [-0.25, -0.2) is 9.78 Å². The van der Waals surface area contributed by atoms with Gasteiger partial charge in [-0.3, -0.25) is 23.5 Å². The Hall–Kier alpha value is -5.92. The lowest BCUT2D eigenvalue weighted by Gasteiger charge is -2.37. The Morgan fingerprint density at radius 2 is 1.46 bits per heavy atom. The van der Waals surface area contributed by atoms with E-state index in [4.69, 9.17) is 44.2 Å². The van der Waals surface area contributed by atoms with Crippen LogP contribution in [0, 0.1) is 0 Å². The molecule has 0 spiro atoms. The molecule has 0 bridgehead atoms. The fourth-order valence-electron chi connectivity index (χ4n) is 7.73. The molecule has 20 heteroatoms. The second kappa shape index (κ2) is 17.2. The van der Waals surface area contributed by atoms with Gasteiger partial charge in [-0.2, -0.15) is 9.97 Å². The zero-order valence-corrected chi connectivity index (χ0v) is 34.3.